The monoisotopic (exact) mass is 311 g/mol. The Kier molecular flexibility index (Phi) is 4.13. The fourth-order valence-electron chi connectivity index (χ4n) is 2.09. The average molecular weight is 311 g/mol. The molecule has 2 heterocycles. The normalized spacial score (nSPS) is 10.9. The van der Waals surface area contributed by atoms with E-state index in [2.05, 4.69) is 30.6 Å². The summed E-state index contributed by atoms with van der Waals surface area (Å²) in [6, 6.07) is 7.43. The Labute approximate surface area is 133 Å². The quantitative estimate of drug-likeness (QED) is 0.748. The molecule has 3 aromatic rings. The molecule has 23 heavy (non-hydrogen) atoms. The van der Waals surface area contributed by atoms with Crippen molar-refractivity contribution in [3.63, 3.8) is 0 Å². The lowest BCUT2D eigenvalue weighted by molar-refractivity contribution is -0.116. The van der Waals surface area contributed by atoms with Gasteiger partial charge in [0.15, 0.2) is 5.82 Å². The topological polar surface area (TPSA) is 101 Å². The molecule has 1 aromatic carbocycles. The van der Waals surface area contributed by atoms with Crippen LogP contribution in [-0.2, 0) is 11.3 Å². The van der Waals surface area contributed by atoms with Gasteiger partial charge in [-0.05, 0) is 12.1 Å². The summed E-state index contributed by atoms with van der Waals surface area (Å²) in [5.74, 6) is 1.43. The van der Waals surface area contributed by atoms with Crippen molar-refractivity contribution in [3.05, 3.63) is 42.7 Å². The number of nitrogens with one attached hydrogen (secondary N) is 2. The van der Waals surface area contributed by atoms with Gasteiger partial charge in [-0.1, -0.05) is 26.0 Å². The molecule has 3 rings (SSSR count). The molecule has 0 unspecified atom stereocenters. The van der Waals surface area contributed by atoms with Crippen LogP contribution in [0.15, 0.2) is 36.9 Å². The Hall–Kier alpha value is -3.03. The Morgan fingerprint density at radius 2 is 2.17 bits per heavy atom. The highest BCUT2D eigenvalue weighted by atomic mass is 16.2. The highest BCUT2D eigenvalue weighted by molar-refractivity contribution is 5.94. The van der Waals surface area contributed by atoms with Crippen molar-refractivity contribution < 1.29 is 4.79 Å². The van der Waals surface area contributed by atoms with Gasteiger partial charge in [-0.3, -0.25) is 9.89 Å². The summed E-state index contributed by atoms with van der Waals surface area (Å²) in [7, 11) is 0. The Morgan fingerprint density at radius 1 is 1.35 bits per heavy atom. The zero-order valence-corrected chi connectivity index (χ0v) is 12.9. The summed E-state index contributed by atoms with van der Waals surface area (Å²) in [5, 5.41) is 13.9. The molecule has 0 radical (unpaired) electrons. The fraction of sp³-hybridized carbons (Fsp3) is 0.267. The summed E-state index contributed by atoms with van der Waals surface area (Å²) < 4.78 is 1.46. The number of aromatic amines is 1. The molecule has 2 aromatic heterocycles. The third-order valence-corrected chi connectivity index (χ3v) is 3.26. The molecular weight excluding hydrogens is 294 g/mol. The molecule has 0 fully saturated rings. The van der Waals surface area contributed by atoms with Crippen LogP contribution >= 0.6 is 0 Å². The number of aromatic nitrogens is 6. The number of benzene rings is 1. The second-order valence-electron chi connectivity index (χ2n) is 5.39. The SMILES string of the molecule is CC(C)c1nc(-c2ccccc2NC(=O)Cn2cncn2)n[nH]1. The minimum absolute atomic E-state index is 0.0968. The number of anilines is 1. The van der Waals surface area contributed by atoms with Crippen LogP contribution in [-0.4, -0.2) is 35.9 Å². The lowest BCUT2D eigenvalue weighted by atomic mass is 10.1. The number of carbonyl (C=O) groups is 1. The molecule has 0 saturated heterocycles. The number of rotatable bonds is 5. The van der Waals surface area contributed by atoms with Crippen LogP contribution in [0.5, 0.6) is 0 Å². The van der Waals surface area contributed by atoms with E-state index in [1.807, 2.05) is 38.1 Å². The predicted molar refractivity (Wildman–Crippen MR) is 84.6 cm³/mol. The van der Waals surface area contributed by atoms with Gasteiger partial charge < -0.3 is 5.32 Å². The van der Waals surface area contributed by atoms with E-state index >= 15 is 0 Å². The Balaban J connectivity index is 1.81. The highest BCUT2D eigenvalue weighted by Crippen LogP contribution is 2.25. The molecule has 118 valence electrons. The zero-order valence-electron chi connectivity index (χ0n) is 12.9. The maximum Gasteiger partial charge on any atom is 0.246 e. The van der Waals surface area contributed by atoms with E-state index in [1.54, 1.807) is 0 Å². The van der Waals surface area contributed by atoms with Gasteiger partial charge in [-0.2, -0.15) is 10.2 Å². The minimum Gasteiger partial charge on any atom is -0.324 e. The van der Waals surface area contributed by atoms with Gasteiger partial charge in [0.25, 0.3) is 0 Å². The van der Waals surface area contributed by atoms with E-state index in [1.165, 1.54) is 17.3 Å². The van der Waals surface area contributed by atoms with E-state index in [9.17, 15) is 4.79 Å². The van der Waals surface area contributed by atoms with Crippen LogP contribution in [0.25, 0.3) is 11.4 Å². The summed E-state index contributed by atoms with van der Waals surface area (Å²) in [5.41, 5.74) is 1.43. The molecule has 8 nitrogen and oxygen atoms in total. The second kappa shape index (κ2) is 6.39. The van der Waals surface area contributed by atoms with E-state index in [4.69, 9.17) is 0 Å². The molecule has 0 bridgehead atoms. The van der Waals surface area contributed by atoms with Gasteiger partial charge in [0.05, 0.1) is 5.69 Å². The summed E-state index contributed by atoms with van der Waals surface area (Å²) >= 11 is 0. The van der Waals surface area contributed by atoms with Crippen LogP contribution in [0.1, 0.15) is 25.6 Å². The first-order chi connectivity index (χ1) is 11.1. The molecule has 0 atom stereocenters. The largest absolute Gasteiger partial charge is 0.324 e. The number of nitrogens with zero attached hydrogens (tertiary/aromatic N) is 5. The van der Waals surface area contributed by atoms with Crippen LogP contribution in [0.4, 0.5) is 5.69 Å². The van der Waals surface area contributed by atoms with Crippen LogP contribution in [0.3, 0.4) is 0 Å². The third kappa shape index (κ3) is 3.42. The minimum atomic E-state index is -0.192. The molecule has 1 amide bonds. The third-order valence-electron chi connectivity index (χ3n) is 3.26. The first-order valence-electron chi connectivity index (χ1n) is 7.27. The van der Waals surface area contributed by atoms with Gasteiger partial charge in [0.2, 0.25) is 5.91 Å². The molecule has 0 aliphatic rings. The van der Waals surface area contributed by atoms with Crippen molar-refractivity contribution in [2.45, 2.75) is 26.3 Å². The molecule has 2 N–H and O–H groups in total. The van der Waals surface area contributed by atoms with Crippen molar-refractivity contribution in [2.24, 2.45) is 0 Å². The smallest absolute Gasteiger partial charge is 0.246 e. The van der Waals surface area contributed by atoms with E-state index in [-0.39, 0.29) is 18.4 Å². The number of hydrogen-bond donors (Lipinski definition) is 2. The highest BCUT2D eigenvalue weighted by Gasteiger charge is 2.14. The lowest BCUT2D eigenvalue weighted by Gasteiger charge is -2.08. The molecule has 0 saturated carbocycles. The molecule has 0 spiro atoms. The van der Waals surface area contributed by atoms with Crippen molar-refractivity contribution in [1.29, 1.82) is 0 Å². The number of amides is 1. The molecule has 0 aliphatic heterocycles. The summed E-state index contributed by atoms with van der Waals surface area (Å²) in [4.78, 5) is 20.4. The predicted octanol–water partition coefficient (Wildman–Crippen LogP) is 1.83. The van der Waals surface area contributed by atoms with Crippen molar-refractivity contribution in [3.8, 4) is 11.4 Å². The number of para-hydroxylation sites is 1. The van der Waals surface area contributed by atoms with Crippen molar-refractivity contribution in [2.75, 3.05) is 5.32 Å². The molecule has 0 aliphatic carbocycles. The number of hydrogen-bond acceptors (Lipinski definition) is 5. The fourth-order valence-corrected chi connectivity index (χ4v) is 2.09. The first kappa shape index (κ1) is 14.9. The van der Waals surface area contributed by atoms with Gasteiger partial charge in [-0.25, -0.2) is 14.6 Å². The van der Waals surface area contributed by atoms with E-state index in [0.29, 0.717) is 11.5 Å². The van der Waals surface area contributed by atoms with Gasteiger partial charge in [0, 0.05) is 11.5 Å². The zero-order chi connectivity index (χ0) is 16.2. The van der Waals surface area contributed by atoms with Crippen molar-refractivity contribution >= 4 is 11.6 Å². The number of H-pyrrole nitrogens is 1. The summed E-state index contributed by atoms with van der Waals surface area (Å²) in [6.45, 7) is 4.17. The average Bonchev–Trinajstić information content (AvgIpc) is 3.19. The lowest BCUT2D eigenvalue weighted by Crippen LogP contribution is -2.19. The maximum absolute atomic E-state index is 12.1. The first-order valence-corrected chi connectivity index (χ1v) is 7.27. The summed E-state index contributed by atoms with van der Waals surface area (Å²) in [6.07, 6.45) is 2.89. The van der Waals surface area contributed by atoms with Crippen molar-refractivity contribution in [1.82, 2.24) is 29.9 Å². The Bertz CT molecular complexity index is 792. The molecular formula is C15H17N7O. The van der Waals surface area contributed by atoms with Gasteiger partial charge in [-0.15, -0.1) is 0 Å². The van der Waals surface area contributed by atoms with Gasteiger partial charge >= 0.3 is 0 Å². The van der Waals surface area contributed by atoms with Crippen LogP contribution in [0, 0.1) is 0 Å². The van der Waals surface area contributed by atoms with Crippen LogP contribution < -0.4 is 5.32 Å². The second-order valence-corrected chi connectivity index (χ2v) is 5.39. The number of carbonyl (C=O) groups excluding carboxylic acids is 1. The van der Waals surface area contributed by atoms with E-state index < -0.39 is 0 Å². The maximum atomic E-state index is 12.1. The van der Waals surface area contributed by atoms with Crippen LogP contribution in [0.2, 0.25) is 0 Å². The van der Waals surface area contributed by atoms with Gasteiger partial charge in [0.1, 0.15) is 25.0 Å². The molecule has 8 heteroatoms. The Morgan fingerprint density at radius 3 is 2.87 bits per heavy atom. The van der Waals surface area contributed by atoms with E-state index in [0.717, 1.165) is 11.4 Å². The standard InChI is InChI=1S/C15H17N7O/c1-10(2)14-19-15(21-20-14)11-5-3-4-6-12(11)18-13(23)7-22-9-16-8-17-22/h3-6,8-10H,7H2,1-2H3,(H,18,23)(H,19,20,21).